The minimum absolute atomic E-state index is 0.188. The Labute approximate surface area is 226 Å². The number of amides is 2. The van der Waals surface area contributed by atoms with E-state index >= 15 is 0 Å². The quantitative estimate of drug-likeness (QED) is 0.387. The van der Waals surface area contributed by atoms with E-state index in [4.69, 9.17) is 5.10 Å². The fourth-order valence-electron chi connectivity index (χ4n) is 4.92. The molecule has 9 heteroatoms. The third kappa shape index (κ3) is 4.06. The number of hydrogen-bond donors (Lipinski definition) is 1. The van der Waals surface area contributed by atoms with Gasteiger partial charge in [0.15, 0.2) is 5.82 Å². The number of hydrogen-bond acceptors (Lipinski definition) is 6. The Morgan fingerprint density at radius 1 is 0.949 bits per heavy atom. The van der Waals surface area contributed by atoms with Gasteiger partial charge in [0, 0.05) is 24.0 Å². The van der Waals surface area contributed by atoms with Crippen LogP contribution in [0, 0.1) is 6.92 Å². The van der Waals surface area contributed by atoms with E-state index in [1.54, 1.807) is 18.7 Å². The molecular formula is C30H29N7O2. The summed E-state index contributed by atoms with van der Waals surface area (Å²) >= 11 is 0. The highest BCUT2D eigenvalue weighted by Gasteiger charge is 2.52. The zero-order valence-corrected chi connectivity index (χ0v) is 22.3. The minimum Gasteiger partial charge on any atom is -0.340 e. The molecule has 0 bridgehead atoms. The van der Waals surface area contributed by atoms with Gasteiger partial charge in [-0.1, -0.05) is 55.5 Å². The van der Waals surface area contributed by atoms with Crippen molar-refractivity contribution in [2.45, 2.75) is 39.3 Å². The molecule has 2 aliphatic heterocycles. The van der Waals surface area contributed by atoms with Gasteiger partial charge >= 0.3 is 0 Å². The zero-order valence-electron chi connectivity index (χ0n) is 22.3. The van der Waals surface area contributed by atoms with Gasteiger partial charge in [0.1, 0.15) is 16.9 Å². The minimum atomic E-state index is -0.943. The lowest BCUT2D eigenvalue weighted by Crippen LogP contribution is -2.51. The Morgan fingerprint density at radius 2 is 1.69 bits per heavy atom. The van der Waals surface area contributed by atoms with Gasteiger partial charge in [0.25, 0.3) is 11.8 Å². The summed E-state index contributed by atoms with van der Waals surface area (Å²) in [5, 5.41) is 8.22. The van der Waals surface area contributed by atoms with Crippen LogP contribution in [0.1, 0.15) is 41.9 Å². The van der Waals surface area contributed by atoms with E-state index in [0.717, 1.165) is 28.2 Å². The summed E-state index contributed by atoms with van der Waals surface area (Å²) < 4.78 is 1.75. The van der Waals surface area contributed by atoms with Crippen LogP contribution < -0.4 is 10.2 Å². The molecule has 0 fully saturated rings. The van der Waals surface area contributed by atoms with Crippen molar-refractivity contribution in [2.75, 3.05) is 17.3 Å². The third-order valence-corrected chi connectivity index (χ3v) is 7.37. The summed E-state index contributed by atoms with van der Waals surface area (Å²) in [4.78, 5) is 39.4. The number of aliphatic imine (C=N–C) groups is 1. The average Bonchev–Trinajstić information content (AvgIpc) is 3.42. The smallest absolute Gasteiger partial charge is 0.267 e. The second kappa shape index (κ2) is 9.20. The Balaban J connectivity index is 1.43. The van der Waals surface area contributed by atoms with Crippen LogP contribution in [0.25, 0.3) is 11.3 Å². The molecule has 2 aliphatic rings. The molecule has 6 rings (SSSR count). The lowest BCUT2D eigenvalue weighted by Gasteiger charge is -2.29. The fourth-order valence-corrected chi connectivity index (χ4v) is 4.92. The first-order chi connectivity index (χ1) is 18.8. The lowest BCUT2D eigenvalue weighted by molar-refractivity contribution is -0.121. The standard InChI is InChI=1S/C30H29N7O2/c1-5-30(3)28(39)37-26-24(27(38)35(4)29(37)33-30)25(32-22-11-7-6-8-12-22)36(34-26)18-20-14-16-21(17-15-20)23-13-9-10-19(2)31-23/h6-17,32H,5,18H2,1-4H3/t30-/m1/s1. The van der Waals surface area contributed by atoms with Crippen LogP contribution in [0.5, 0.6) is 0 Å². The van der Waals surface area contributed by atoms with E-state index in [0.29, 0.717) is 36.1 Å². The summed E-state index contributed by atoms with van der Waals surface area (Å²) in [6, 6.07) is 23.7. The van der Waals surface area contributed by atoms with Crippen molar-refractivity contribution in [2.24, 2.45) is 4.99 Å². The fraction of sp³-hybridized carbons (Fsp3) is 0.233. The van der Waals surface area contributed by atoms with Gasteiger partial charge in [-0.05, 0) is 50.1 Å². The maximum Gasteiger partial charge on any atom is 0.267 e. The Kier molecular flexibility index (Phi) is 5.79. The summed E-state index contributed by atoms with van der Waals surface area (Å²) in [7, 11) is 1.65. The van der Waals surface area contributed by atoms with Crippen molar-refractivity contribution >= 4 is 35.1 Å². The number of fused-ring (bicyclic) bond motifs is 3. The Hall–Kier alpha value is -4.79. The van der Waals surface area contributed by atoms with Crippen molar-refractivity contribution in [3.8, 4) is 11.3 Å². The molecule has 4 heterocycles. The van der Waals surface area contributed by atoms with Crippen molar-refractivity contribution in [1.82, 2.24) is 19.7 Å². The van der Waals surface area contributed by atoms with Crippen molar-refractivity contribution in [1.29, 1.82) is 0 Å². The SMILES string of the molecule is CC[C@@]1(C)N=C2N(C)C(=O)c3c(nn(Cc4ccc(-c5cccc(C)n5)cc4)c3Nc3ccccc3)N2C1=O. The predicted molar refractivity (Wildman–Crippen MR) is 151 cm³/mol. The molecule has 0 unspecified atom stereocenters. The number of anilines is 3. The molecule has 0 aliphatic carbocycles. The first-order valence-corrected chi connectivity index (χ1v) is 13.0. The van der Waals surface area contributed by atoms with E-state index in [9.17, 15) is 9.59 Å². The van der Waals surface area contributed by atoms with E-state index in [2.05, 4.69) is 15.3 Å². The number of carbonyl (C=O) groups is 2. The topological polar surface area (TPSA) is 95.7 Å². The van der Waals surface area contributed by atoms with Crippen LogP contribution in [0.2, 0.25) is 0 Å². The van der Waals surface area contributed by atoms with Crippen molar-refractivity contribution in [3.05, 3.63) is 89.6 Å². The molecule has 39 heavy (non-hydrogen) atoms. The number of carbonyl (C=O) groups excluding carboxylic acids is 2. The van der Waals surface area contributed by atoms with Gasteiger partial charge in [0.2, 0.25) is 5.96 Å². The van der Waals surface area contributed by atoms with Gasteiger partial charge in [0.05, 0.1) is 12.2 Å². The molecule has 2 aromatic carbocycles. The normalized spacial score (nSPS) is 18.2. The van der Waals surface area contributed by atoms with E-state index < -0.39 is 5.54 Å². The second-order valence-corrected chi connectivity index (χ2v) is 10.1. The molecule has 1 N–H and O–H groups in total. The lowest BCUT2D eigenvalue weighted by atomic mass is 9.99. The molecule has 2 amide bonds. The summed E-state index contributed by atoms with van der Waals surface area (Å²) in [6.07, 6.45) is 0.515. The van der Waals surface area contributed by atoms with Crippen LogP contribution in [0.15, 0.2) is 77.8 Å². The van der Waals surface area contributed by atoms with Crippen LogP contribution in [-0.4, -0.2) is 50.0 Å². The number of guanidine groups is 1. The van der Waals surface area contributed by atoms with E-state index in [-0.39, 0.29) is 11.8 Å². The van der Waals surface area contributed by atoms with Gasteiger partial charge in [-0.15, -0.1) is 0 Å². The highest BCUT2D eigenvalue weighted by atomic mass is 16.2. The first kappa shape index (κ1) is 24.5. The zero-order chi connectivity index (χ0) is 27.3. The second-order valence-electron chi connectivity index (χ2n) is 10.1. The molecular weight excluding hydrogens is 490 g/mol. The van der Waals surface area contributed by atoms with E-state index in [1.165, 1.54) is 9.80 Å². The highest BCUT2D eigenvalue weighted by Crippen LogP contribution is 2.40. The molecule has 9 nitrogen and oxygen atoms in total. The molecule has 2 aromatic heterocycles. The van der Waals surface area contributed by atoms with Gasteiger partial charge in [-0.3, -0.25) is 19.5 Å². The third-order valence-electron chi connectivity index (χ3n) is 7.37. The maximum atomic E-state index is 13.7. The average molecular weight is 520 g/mol. The highest BCUT2D eigenvalue weighted by molar-refractivity contribution is 6.32. The van der Waals surface area contributed by atoms with Gasteiger partial charge in [-0.2, -0.15) is 5.10 Å². The summed E-state index contributed by atoms with van der Waals surface area (Å²) in [6.45, 7) is 6.07. The monoisotopic (exact) mass is 519 g/mol. The first-order valence-electron chi connectivity index (χ1n) is 13.0. The molecule has 196 valence electrons. The molecule has 0 saturated carbocycles. The summed E-state index contributed by atoms with van der Waals surface area (Å²) in [5.74, 6) is 0.686. The van der Waals surface area contributed by atoms with Crippen LogP contribution in [-0.2, 0) is 11.3 Å². The Bertz CT molecular complexity index is 1630. The molecule has 0 saturated heterocycles. The van der Waals surface area contributed by atoms with Gasteiger partial charge in [-0.25, -0.2) is 14.6 Å². The van der Waals surface area contributed by atoms with Crippen LogP contribution in [0.3, 0.4) is 0 Å². The van der Waals surface area contributed by atoms with Crippen LogP contribution in [0.4, 0.5) is 17.3 Å². The summed E-state index contributed by atoms with van der Waals surface area (Å²) in [5.41, 5.74) is 4.09. The van der Waals surface area contributed by atoms with Gasteiger partial charge < -0.3 is 5.32 Å². The number of para-hydroxylation sites is 1. The number of nitrogens with zero attached hydrogens (tertiary/aromatic N) is 6. The molecule has 0 spiro atoms. The predicted octanol–water partition coefficient (Wildman–Crippen LogP) is 5.00. The number of rotatable bonds is 6. The Morgan fingerprint density at radius 3 is 2.38 bits per heavy atom. The molecule has 4 aromatic rings. The van der Waals surface area contributed by atoms with Crippen molar-refractivity contribution in [3.63, 3.8) is 0 Å². The maximum absolute atomic E-state index is 13.7. The largest absolute Gasteiger partial charge is 0.340 e. The number of aromatic nitrogens is 3. The van der Waals surface area contributed by atoms with Crippen LogP contribution >= 0.6 is 0 Å². The van der Waals surface area contributed by atoms with E-state index in [1.807, 2.05) is 86.6 Å². The van der Waals surface area contributed by atoms with Crippen molar-refractivity contribution < 1.29 is 9.59 Å². The molecule has 0 radical (unpaired) electrons. The number of pyridine rings is 1. The number of aryl methyl sites for hydroxylation is 1. The number of benzene rings is 2. The molecule has 1 atom stereocenters. The number of nitrogens with one attached hydrogen (secondary N) is 1.